The van der Waals surface area contributed by atoms with Gasteiger partial charge in [0.1, 0.15) is 0 Å². The molecule has 1 heterocycles. The number of carbonyl (C=O) groups is 1. The molecule has 1 amide bonds. The molecule has 6 nitrogen and oxygen atoms in total. The molecule has 1 aromatic carbocycles. The van der Waals surface area contributed by atoms with Gasteiger partial charge in [-0.05, 0) is 25.1 Å². The smallest absolute Gasteiger partial charge is 0.278 e. The third kappa shape index (κ3) is 3.28. The van der Waals surface area contributed by atoms with Crippen molar-refractivity contribution in [3.63, 3.8) is 0 Å². The number of hydrogen-bond acceptors (Lipinski definition) is 4. The van der Waals surface area contributed by atoms with Crippen LogP contribution in [0.5, 0.6) is 0 Å². The number of rotatable bonds is 4. The third-order valence-electron chi connectivity index (χ3n) is 3.02. The largest absolute Gasteiger partial charge is 0.396 e. The van der Waals surface area contributed by atoms with Gasteiger partial charge in [-0.3, -0.25) is 9.48 Å². The van der Waals surface area contributed by atoms with Gasteiger partial charge in [-0.2, -0.15) is 5.10 Å². The summed E-state index contributed by atoms with van der Waals surface area (Å²) < 4.78 is 1.62. The van der Waals surface area contributed by atoms with Crippen LogP contribution < -0.4 is 16.0 Å². The molecule has 3 N–H and O–H groups in total. The van der Waals surface area contributed by atoms with Crippen molar-refractivity contribution >= 4 is 34.6 Å². The topological polar surface area (TPSA) is 76.2 Å². The number of aromatic nitrogens is 2. The van der Waals surface area contributed by atoms with Gasteiger partial charge in [0, 0.05) is 32.5 Å². The fraction of sp³-hybridized carbons (Fsp3) is 0.286. The predicted molar refractivity (Wildman–Crippen MR) is 86.0 cm³/mol. The van der Waals surface area contributed by atoms with Crippen LogP contribution >= 0.6 is 11.6 Å². The van der Waals surface area contributed by atoms with Gasteiger partial charge in [0.05, 0.1) is 16.4 Å². The lowest BCUT2D eigenvalue weighted by Gasteiger charge is -2.15. The zero-order valence-electron chi connectivity index (χ0n) is 12.2. The Morgan fingerprint density at radius 3 is 2.71 bits per heavy atom. The average molecular weight is 308 g/mol. The maximum absolute atomic E-state index is 12.2. The highest BCUT2D eigenvalue weighted by Gasteiger charge is 2.15. The zero-order chi connectivity index (χ0) is 15.6. The van der Waals surface area contributed by atoms with E-state index in [-0.39, 0.29) is 11.6 Å². The molecule has 0 saturated heterocycles. The second-order valence-electron chi connectivity index (χ2n) is 4.80. The molecule has 0 aliphatic rings. The average Bonchev–Trinajstić information content (AvgIpc) is 2.79. The van der Waals surface area contributed by atoms with Gasteiger partial charge in [-0.1, -0.05) is 11.6 Å². The molecule has 2 rings (SSSR count). The van der Waals surface area contributed by atoms with Crippen LogP contribution in [0.15, 0.2) is 24.4 Å². The number of halogens is 1. The molecule has 0 fully saturated rings. The number of amides is 1. The Bertz CT molecular complexity index is 665. The highest BCUT2D eigenvalue weighted by Crippen LogP contribution is 2.27. The van der Waals surface area contributed by atoms with Crippen molar-refractivity contribution in [3.8, 4) is 0 Å². The molecule has 0 bridgehead atoms. The van der Waals surface area contributed by atoms with E-state index >= 15 is 0 Å². The summed E-state index contributed by atoms with van der Waals surface area (Å²) in [5.41, 5.74) is 7.83. The van der Waals surface area contributed by atoms with E-state index in [2.05, 4.69) is 10.4 Å². The van der Waals surface area contributed by atoms with Crippen LogP contribution in [0.3, 0.4) is 0 Å². The van der Waals surface area contributed by atoms with Gasteiger partial charge in [0.25, 0.3) is 5.91 Å². The van der Waals surface area contributed by atoms with Gasteiger partial charge < -0.3 is 16.0 Å². The number of benzene rings is 1. The summed E-state index contributed by atoms with van der Waals surface area (Å²) in [4.78, 5) is 14.1. The van der Waals surface area contributed by atoms with Gasteiger partial charge >= 0.3 is 0 Å². The van der Waals surface area contributed by atoms with Crippen LogP contribution in [0.1, 0.15) is 17.4 Å². The highest BCUT2D eigenvalue weighted by molar-refractivity contribution is 6.33. The van der Waals surface area contributed by atoms with Crippen LogP contribution in [0.2, 0.25) is 5.02 Å². The Kier molecular flexibility index (Phi) is 4.37. The number of nitrogens with zero attached hydrogens (tertiary/aromatic N) is 3. The summed E-state index contributed by atoms with van der Waals surface area (Å²) in [5, 5.41) is 7.44. The first-order chi connectivity index (χ1) is 9.92. The van der Waals surface area contributed by atoms with Gasteiger partial charge in [0.15, 0.2) is 5.69 Å². The quantitative estimate of drug-likeness (QED) is 0.909. The number of nitrogens with one attached hydrogen (secondary N) is 1. The number of nitrogen functional groups attached to an aromatic ring is 1. The molecule has 0 spiro atoms. The zero-order valence-corrected chi connectivity index (χ0v) is 13.0. The minimum Gasteiger partial charge on any atom is -0.396 e. The van der Waals surface area contributed by atoms with E-state index < -0.39 is 0 Å². The molecule has 0 unspecified atom stereocenters. The summed E-state index contributed by atoms with van der Waals surface area (Å²) in [5.74, 6) is -0.353. The van der Waals surface area contributed by atoms with Crippen LogP contribution in [0, 0.1) is 0 Å². The Morgan fingerprint density at radius 1 is 1.48 bits per heavy atom. The Hall–Kier alpha value is -2.21. The molecule has 0 aliphatic heterocycles. The van der Waals surface area contributed by atoms with Crippen molar-refractivity contribution in [1.82, 2.24) is 9.78 Å². The molecule has 7 heteroatoms. The van der Waals surface area contributed by atoms with E-state index in [9.17, 15) is 4.79 Å². The third-order valence-corrected chi connectivity index (χ3v) is 3.32. The van der Waals surface area contributed by atoms with Gasteiger partial charge in [0.2, 0.25) is 0 Å². The van der Waals surface area contributed by atoms with E-state index in [1.165, 1.54) is 0 Å². The highest BCUT2D eigenvalue weighted by atomic mass is 35.5. The van der Waals surface area contributed by atoms with E-state index in [0.717, 1.165) is 5.69 Å². The lowest BCUT2D eigenvalue weighted by molar-refractivity contribution is 0.102. The first-order valence-electron chi connectivity index (χ1n) is 6.53. The maximum atomic E-state index is 12.2. The number of anilines is 3. The molecule has 0 atom stereocenters. The van der Waals surface area contributed by atoms with Crippen molar-refractivity contribution in [1.29, 1.82) is 0 Å². The molecular formula is C14H18ClN5O. The van der Waals surface area contributed by atoms with E-state index in [0.29, 0.717) is 22.9 Å². The molecule has 2 aromatic rings. The van der Waals surface area contributed by atoms with Crippen LogP contribution in [-0.2, 0) is 6.54 Å². The monoisotopic (exact) mass is 307 g/mol. The maximum Gasteiger partial charge on any atom is 0.278 e. The standard InChI is InChI=1S/C14H18ClN5O/c1-4-20-8-11(16)13(18-20)14(21)17-9-5-6-12(19(2)3)10(15)7-9/h5-8H,4,16H2,1-3H3,(H,17,21). The lowest BCUT2D eigenvalue weighted by atomic mass is 10.2. The fourth-order valence-corrected chi connectivity index (χ4v) is 2.26. The predicted octanol–water partition coefficient (Wildman–Crippen LogP) is 2.46. The Balaban J connectivity index is 2.19. The molecule has 21 heavy (non-hydrogen) atoms. The minimum atomic E-state index is -0.353. The molecule has 112 valence electrons. The molecule has 0 aliphatic carbocycles. The molecular weight excluding hydrogens is 290 g/mol. The first-order valence-corrected chi connectivity index (χ1v) is 6.91. The summed E-state index contributed by atoms with van der Waals surface area (Å²) >= 11 is 6.17. The summed E-state index contributed by atoms with van der Waals surface area (Å²) in [6.45, 7) is 2.58. The summed E-state index contributed by atoms with van der Waals surface area (Å²) in [6.07, 6.45) is 1.64. The Morgan fingerprint density at radius 2 is 2.19 bits per heavy atom. The van der Waals surface area contributed by atoms with Crippen LogP contribution in [0.25, 0.3) is 0 Å². The first kappa shape index (κ1) is 15.2. The SMILES string of the molecule is CCn1cc(N)c(C(=O)Nc2ccc(N(C)C)c(Cl)c2)n1. The molecule has 0 radical (unpaired) electrons. The number of carbonyl (C=O) groups excluding carboxylic acids is 1. The summed E-state index contributed by atoms with van der Waals surface area (Å²) in [7, 11) is 3.80. The van der Waals surface area contributed by atoms with Crippen molar-refractivity contribution in [2.45, 2.75) is 13.5 Å². The second-order valence-corrected chi connectivity index (χ2v) is 5.21. The lowest BCUT2D eigenvalue weighted by Crippen LogP contribution is -2.15. The van der Waals surface area contributed by atoms with Crippen LogP contribution in [0.4, 0.5) is 17.1 Å². The molecule has 1 aromatic heterocycles. The minimum absolute atomic E-state index is 0.213. The second kappa shape index (κ2) is 6.05. The summed E-state index contributed by atoms with van der Waals surface area (Å²) in [6, 6.07) is 5.32. The van der Waals surface area contributed by atoms with Crippen molar-refractivity contribution in [3.05, 3.63) is 35.1 Å². The van der Waals surface area contributed by atoms with E-state index in [1.54, 1.807) is 23.0 Å². The number of nitrogens with two attached hydrogens (primary N) is 1. The van der Waals surface area contributed by atoms with Crippen LogP contribution in [-0.4, -0.2) is 29.8 Å². The van der Waals surface area contributed by atoms with Gasteiger partial charge in [-0.15, -0.1) is 0 Å². The van der Waals surface area contributed by atoms with E-state index in [1.807, 2.05) is 32.0 Å². The Labute approximate surface area is 128 Å². The van der Waals surface area contributed by atoms with E-state index in [4.69, 9.17) is 17.3 Å². The van der Waals surface area contributed by atoms with Crippen molar-refractivity contribution in [2.75, 3.05) is 30.0 Å². The number of aryl methyl sites for hydroxylation is 1. The van der Waals surface area contributed by atoms with Gasteiger partial charge in [-0.25, -0.2) is 0 Å². The number of hydrogen-bond donors (Lipinski definition) is 2. The van der Waals surface area contributed by atoms with Crippen molar-refractivity contribution < 1.29 is 4.79 Å². The van der Waals surface area contributed by atoms with Crippen molar-refractivity contribution in [2.24, 2.45) is 0 Å². The normalized spacial score (nSPS) is 10.5. The molecule has 0 saturated carbocycles. The fourth-order valence-electron chi connectivity index (χ4n) is 1.91.